The quantitative estimate of drug-likeness (QED) is 0.626. The molecule has 29 heavy (non-hydrogen) atoms. The standard InChI is InChI=1S/C22H37FN2O3Si/c1-22(2,3)29(5,6)28-16-17-8-7-9-19(21(17)23)25-13-10-18(11-14-25)24-20(26)12-15-27-4/h7-9,18H,10-16H2,1-6H3,(H,24,26). The number of carbonyl (C=O) groups is 1. The van der Waals surface area contributed by atoms with E-state index in [0.717, 1.165) is 25.9 Å². The van der Waals surface area contributed by atoms with Crippen molar-refractivity contribution in [1.82, 2.24) is 5.32 Å². The molecule has 1 fully saturated rings. The van der Waals surface area contributed by atoms with Gasteiger partial charge in [0.05, 0.1) is 18.9 Å². The molecule has 1 aromatic rings. The normalized spacial score (nSPS) is 16.2. The number of anilines is 1. The van der Waals surface area contributed by atoms with Gasteiger partial charge in [-0.15, -0.1) is 0 Å². The second-order valence-corrected chi connectivity index (χ2v) is 14.2. The molecule has 0 aliphatic carbocycles. The zero-order chi connectivity index (χ0) is 21.7. The number of ether oxygens (including phenoxy) is 1. The van der Waals surface area contributed by atoms with E-state index in [1.165, 1.54) is 0 Å². The molecular formula is C22H37FN2O3Si. The van der Waals surface area contributed by atoms with Crippen LogP contribution in [-0.2, 0) is 20.6 Å². The number of benzene rings is 1. The smallest absolute Gasteiger partial charge is 0.222 e. The van der Waals surface area contributed by atoms with Crippen LogP contribution in [0, 0.1) is 5.82 Å². The topological polar surface area (TPSA) is 50.8 Å². The lowest BCUT2D eigenvalue weighted by Crippen LogP contribution is -2.45. The highest BCUT2D eigenvalue weighted by atomic mass is 28.4. The summed E-state index contributed by atoms with van der Waals surface area (Å²) in [6.45, 7) is 13.1. The maximum absolute atomic E-state index is 15.2. The van der Waals surface area contributed by atoms with Gasteiger partial charge in [0.25, 0.3) is 0 Å². The van der Waals surface area contributed by atoms with Gasteiger partial charge in [-0.25, -0.2) is 4.39 Å². The van der Waals surface area contributed by atoms with Crippen molar-refractivity contribution in [3.63, 3.8) is 0 Å². The highest BCUT2D eigenvalue weighted by molar-refractivity contribution is 6.74. The fourth-order valence-corrected chi connectivity index (χ4v) is 4.11. The molecule has 0 saturated carbocycles. The van der Waals surface area contributed by atoms with Crippen molar-refractivity contribution in [1.29, 1.82) is 0 Å². The average molecular weight is 425 g/mol. The number of halogens is 1. The Kier molecular flexibility index (Phi) is 8.25. The van der Waals surface area contributed by atoms with E-state index in [1.807, 2.05) is 18.2 Å². The highest BCUT2D eigenvalue weighted by Gasteiger charge is 2.37. The van der Waals surface area contributed by atoms with Crippen LogP contribution < -0.4 is 10.2 Å². The Hall–Kier alpha value is -1.44. The molecule has 1 amide bonds. The van der Waals surface area contributed by atoms with Crippen LogP contribution >= 0.6 is 0 Å². The monoisotopic (exact) mass is 424 g/mol. The van der Waals surface area contributed by atoms with Crippen LogP contribution in [0.3, 0.4) is 0 Å². The van der Waals surface area contributed by atoms with Gasteiger partial charge in [-0.3, -0.25) is 4.79 Å². The molecule has 2 rings (SSSR count). The van der Waals surface area contributed by atoms with E-state index >= 15 is 4.39 Å². The molecule has 0 radical (unpaired) electrons. The third-order valence-corrected chi connectivity index (χ3v) is 10.7. The van der Waals surface area contributed by atoms with Gasteiger partial charge in [0.1, 0.15) is 0 Å². The third-order valence-electron chi connectivity index (χ3n) is 6.19. The van der Waals surface area contributed by atoms with E-state index in [4.69, 9.17) is 9.16 Å². The summed E-state index contributed by atoms with van der Waals surface area (Å²) < 4.78 is 26.3. The van der Waals surface area contributed by atoms with Gasteiger partial charge in [0, 0.05) is 38.2 Å². The van der Waals surface area contributed by atoms with Crippen molar-refractivity contribution in [2.24, 2.45) is 0 Å². The van der Waals surface area contributed by atoms with Crippen molar-refractivity contribution < 1.29 is 18.3 Å². The van der Waals surface area contributed by atoms with E-state index in [1.54, 1.807) is 7.11 Å². The molecule has 0 spiro atoms. The molecule has 0 bridgehead atoms. The number of nitrogens with one attached hydrogen (secondary N) is 1. The Morgan fingerprint density at radius 1 is 1.28 bits per heavy atom. The molecular weight excluding hydrogens is 387 g/mol. The summed E-state index contributed by atoms with van der Waals surface area (Å²) in [5.74, 6) is -0.171. The maximum atomic E-state index is 15.2. The predicted octanol–water partition coefficient (Wildman–Crippen LogP) is 4.47. The summed E-state index contributed by atoms with van der Waals surface area (Å²) >= 11 is 0. The molecule has 1 aliphatic heterocycles. The molecule has 1 aromatic carbocycles. The zero-order valence-corrected chi connectivity index (χ0v) is 19.8. The minimum Gasteiger partial charge on any atom is -0.412 e. The van der Waals surface area contributed by atoms with Crippen LogP contribution in [0.5, 0.6) is 0 Å². The summed E-state index contributed by atoms with van der Waals surface area (Å²) in [5.41, 5.74) is 1.24. The molecule has 0 atom stereocenters. The first-order valence-corrected chi connectivity index (χ1v) is 13.4. The molecule has 7 heteroatoms. The Balaban J connectivity index is 1.96. The van der Waals surface area contributed by atoms with E-state index in [2.05, 4.69) is 44.1 Å². The van der Waals surface area contributed by atoms with Gasteiger partial charge in [-0.05, 0) is 37.0 Å². The van der Waals surface area contributed by atoms with E-state index in [-0.39, 0.29) is 22.8 Å². The Morgan fingerprint density at radius 3 is 2.52 bits per heavy atom. The number of rotatable bonds is 8. The van der Waals surface area contributed by atoms with Crippen LogP contribution in [0.25, 0.3) is 0 Å². The summed E-state index contributed by atoms with van der Waals surface area (Å²) in [6.07, 6.45) is 1.99. The van der Waals surface area contributed by atoms with E-state index < -0.39 is 8.32 Å². The number of piperidine rings is 1. The Labute approximate surface area is 176 Å². The summed E-state index contributed by atoms with van der Waals surface area (Å²) in [6, 6.07) is 5.70. The molecule has 164 valence electrons. The van der Waals surface area contributed by atoms with Crippen LogP contribution in [0.2, 0.25) is 18.1 Å². The van der Waals surface area contributed by atoms with Gasteiger partial charge in [-0.1, -0.05) is 32.9 Å². The second-order valence-electron chi connectivity index (χ2n) is 9.37. The summed E-state index contributed by atoms with van der Waals surface area (Å²) in [5, 5.41) is 3.14. The van der Waals surface area contributed by atoms with Gasteiger partial charge < -0.3 is 19.4 Å². The molecule has 5 nitrogen and oxygen atoms in total. The zero-order valence-electron chi connectivity index (χ0n) is 18.8. The first-order chi connectivity index (χ1) is 13.5. The predicted molar refractivity (Wildman–Crippen MR) is 118 cm³/mol. The third kappa shape index (κ3) is 6.52. The van der Waals surface area contributed by atoms with Crippen LogP contribution in [0.4, 0.5) is 10.1 Å². The first-order valence-electron chi connectivity index (χ1n) is 10.5. The fraction of sp³-hybridized carbons (Fsp3) is 0.682. The highest BCUT2D eigenvalue weighted by Crippen LogP contribution is 2.37. The number of carbonyl (C=O) groups excluding carboxylic acids is 1. The Morgan fingerprint density at radius 2 is 1.93 bits per heavy atom. The molecule has 1 saturated heterocycles. The Bertz CT molecular complexity index is 683. The minimum absolute atomic E-state index is 0.0151. The second kappa shape index (κ2) is 10.0. The van der Waals surface area contributed by atoms with Crippen molar-refractivity contribution >= 4 is 19.9 Å². The lowest BCUT2D eigenvalue weighted by atomic mass is 10.0. The number of methoxy groups -OCH3 is 1. The van der Waals surface area contributed by atoms with Crippen molar-refractivity contribution in [3.8, 4) is 0 Å². The molecule has 0 aromatic heterocycles. The minimum atomic E-state index is -1.93. The summed E-state index contributed by atoms with van der Waals surface area (Å²) in [7, 11) is -0.342. The van der Waals surface area contributed by atoms with E-state index in [9.17, 15) is 4.79 Å². The van der Waals surface area contributed by atoms with Crippen molar-refractivity contribution in [2.75, 3.05) is 31.7 Å². The van der Waals surface area contributed by atoms with Gasteiger partial charge in [0.2, 0.25) is 5.91 Å². The molecule has 1 aliphatic rings. The number of hydrogen-bond donors (Lipinski definition) is 1. The van der Waals surface area contributed by atoms with Crippen LogP contribution in [0.15, 0.2) is 18.2 Å². The van der Waals surface area contributed by atoms with Crippen molar-refractivity contribution in [2.45, 2.75) is 70.8 Å². The summed E-state index contributed by atoms with van der Waals surface area (Å²) in [4.78, 5) is 13.9. The molecule has 1 heterocycles. The van der Waals surface area contributed by atoms with Gasteiger partial charge >= 0.3 is 0 Å². The van der Waals surface area contributed by atoms with E-state index in [0.29, 0.717) is 30.9 Å². The van der Waals surface area contributed by atoms with Crippen LogP contribution in [0.1, 0.15) is 45.6 Å². The maximum Gasteiger partial charge on any atom is 0.222 e. The lowest BCUT2D eigenvalue weighted by molar-refractivity contribution is -0.122. The van der Waals surface area contributed by atoms with Gasteiger partial charge in [0.15, 0.2) is 14.1 Å². The SMILES string of the molecule is COCCC(=O)NC1CCN(c2cccc(CO[Si](C)(C)C(C)(C)C)c2F)CC1. The number of nitrogens with zero attached hydrogens (tertiary/aromatic N) is 1. The molecule has 1 N–H and O–H groups in total. The molecule has 0 unspecified atom stereocenters. The lowest BCUT2D eigenvalue weighted by Gasteiger charge is -2.36. The number of hydrogen-bond acceptors (Lipinski definition) is 4. The average Bonchev–Trinajstić information content (AvgIpc) is 2.65. The first kappa shape index (κ1) is 23.8. The largest absolute Gasteiger partial charge is 0.412 e. The number of amides is 1. The fourth-order valence-electron chi connectivity index (χ4n) is 3.16. The van der Waals surface area contributed by atoms with Crippen LogP contribution in [-0.4, -0.2) is 47.1 Å². The van der Waals surface area contributed by atoms with Gasteiger partial charge in [-0.2, -0.15) is 0 Å². The van der Waals surface area contributed by atoms with Crippen molar-refractivity contribution in [3.05, 3.63) is 29.6 Å².